The molecule has 3 fully saturated rings. The zero-order valence-corrected chi connectivity index (χ0v) is 55.8. The number of ketones is 3. The number of fused-ring (bicyclic) bond motifs is 3. The van der Waals surface area contributed by atoms with Crippen molar-refractivity contribution in [1.29, 1.82) is 0 Å². The van der Waals surface area contributed by atoms with E-state index in [2.05, 4.69) is 10.6 Å². The molecule has 5 N–H and O–H groups in total. The lowest BCUT2D eigenvalue weighted by molar-refractivity contribution is -0.265. The number of carbonyl (C=O) groups excluding carboxylic acids is 7. The average molecular weight is 1290 g/mol. The molecule has 91 heavy (non-hydrogen) atoms. The van der Waals surface area contributed by atoms with Crippen LogP contribution in [0.5, 0.6) is 0 Å². The Hall–Kier alpha value is -4.83. The summed E-state index contributed by atoms with van der Waals surface area (Å²) >= 11 is 0. The first-order valence-corrected chi connectivity index (χ1v) is 32.8. The molecular weight excluding hydrogens is 1180 g/mol. The Labute approximate surface area is 539 Å². The summed E-state index contributed by atoms with van der Waals surface area (Å²) in [5.41, 5.74) is 1.06. The van der Waals surface area contributed by atoms with Crippen LogP contribution in [0.2, 0.25) is 0 Å². The topological polar surface area (TPSA) is 309 Å². The molecule has 0 aromatic rings. The zero-order chi connectivity index (χ0) is 66.9. The third-order valence-corrected chi connectivity index (χ3v) is 17.6. The van der Waals surface area contributed by atoms with Gasteiger partial charge < -0.3 is 83.0 Å². The van der Waals surface area contributed by atoms with E-state index in [9.17, 15) is 48.9 Å². The quantitative estimate of drug-likeness (QED) is 0.0294. The number of ether oxygens (including phenoxy) is 11. The molecule has 24 heteroatoms. The minimum atomic E-state index is -2.48. The van der Waals surface area contributed by atoms with Gasteiger partial charge in [0.1, 0.15) is 36.2 Å². The molecular formula is C67H109N3O21. The summed E-state index contributed by atoms with van der Waals surface area (Å²) in [4.78, 5) is 97.0. The third kappa shape index (κ3) is 27.2. The normalized spacial score (nSPS) is 32.1. The first kappa shape index (κ1) is 78.6. The van der Waals surface area contributed by atoms with Crippen molar-refractivity contribution in [1.82, 2.24) is 15.5 Å². The van der Waals surface area contributed by atoms with Crippen LogP contribution in [0, 0.1) is 35.5 Å². The summed E-state index contributed by atoms with van der Waals surface area (Å²) < 4.78 is 62.5. The van der Waals surface area contributed by atoms with Gasteiger partial charge in [0.25, 0.3) is 11.7 Å². The second-order valence-corrected chi connectivity index (χ2v) is 24.8. The second kappa shape index (κ2) is 42.5. The van der Waals surface area contributed by atoms with Gasteiger partial charge >= 0.3 is 12.1 Å². The van der Waals surface area contributed by atoms with Crippen LogP contribution in [0.4, 0.5) is 4.79 Å². The van der Waals surface area contributed by atoms with Gasteiger partial charge in [-0.1, -0.05) is 71.1 Å². The number of esters is 1. The van der Waals surface area contributed by atoms with E-state index in [1.165, 1.54) is 13.0 Å². The summed E-state index contributed by atoms with van der Waals surface area (Å²) in [5, 5.41) is 39.9. The van der Waals surface area contributed by atoms with Crippen molar-refractivity contribution in [3.05, 3.63) is 47.6 Å². The summed E-state index contributed by atoms with van der Waals surface area (Å²) in [6.45, 7) is 16.8. The highest BCUT2D eigenvalue weighted by molar-refractivity contribution is 6.39. The van der Waals surface area contributed by atoms with E-state index >= 15 is 0 Å². The highest BCUT2D eigenvalue weighted by atomic mass is 16.6. The van der Waals surface area contributed by atoms with Gasteiger partial charge in [-0.25, -0.2) is 9.59 Å². The van der Waals surface area contributed by atoms with Crippen LogP contribution in [-0.4, -0.2) is 230 Å². The molecule has 2 saturated heterocycles. The lowest BCUT2D eigenvalue weighted by Gasteiger charge is -2.42. The maximum absolute atomic E-state index is 14.6. The number of alkyl carbamates (subject to hydrolysis) is 1. The fourth-order valence-electron chi connectivity index (χ4n) is 11.9. The maximum atomic E-state index is 14.6. The number of aliphatic hydroxyl groups is 3. The molecule has 518 valence electrons. The van der Waals surface area contributed by atoms with Gasteiger partial charge in [0, 0.05) is 78.0 Å². The number of hydrogen-bond acceptors (Lipinski definition) is 21. The zero-order valence-electron chi connectivity index (χ0n) is 55.8. The van der Waals surface area contributed by atoms with Gasteiger partial charge in [0.15, 0.2) is 5.78 Å². The van der Waals surface area contributed by atoms with Crippen LogP contribution >= 0.6 is 0 Å². The van der Waals surface area contributed by atoms with E-state index in [4.69, 9.17) is 52.1 Å². The summed E-state index contributed by atoms with van der Waals surface area (Å²) in [6.07, 6.45) is 8.41. The van der Waals surface area contributed by atoms with Crippen LogP contribution in [0.1, 0.15) is 132 Å². The van der Waals surface area contributed by atoms with Gasteiger partial charge in [-0.3, -0.25) is 24.0 Å². The molecule has 3 aliphatic heterocycles. The first-order chi connectivity index (χ1) is 43.5. The highest BCUT2D eigenvalue weighted by Crippen LogP contribution is 2.38. The molecule has 1 saturated carbocycles. The van der Waals surface area contributed by atoms with E-state index in [0.29, 0.717) is 130 Å². The van der Waals surface area contributed by atoms with Crippen molar-refractivity contribution in [2.45, 2.75) is 186 Å². The number of hydrogen-bond donors (Lipinski definition) is 5. The highest BCUT2D eigenvalue weighted by Gasteiger charge is 2.53. The number of piperidine rings is 1. The third-order valence-electron chi connectivity index (χ3n) is 17.6. The van der Waals surface area contributed by atoms with Crippen molar-refractivity contribution in [3.63, 3.8) is 0 Å². The van der Waals surface area contributed by atoms with E-state index in [1.807, 2.05) is 51.2 Å². The van der Waals surface area contributed by atoms with Gasteiger partial charge in [-0.15, -0.1) is 0 Å². The summed E-state index contributed by atoms with van der Waals surface area (Å²) in [5.74, 6) is -9.30. The van der Waals surface area contributed by atoms with Crippen molar-refractivity contribution in [2.24, 2.45) is 35.5 Å². The van der Waals surface area contributed by atoms with Crippen molar-refractivity contribution in [2.75, 3.05) is 114 Å². The largest absolute Gasteiger partial charge is 0.460 e. The fourth-order valence-corrected chi connectivity index (χ4v) is 11.9. The van der Waals surface area contributed by atoms with Crippen molar-refractivity contribution < 1.29 is 101 Å². The van der Waals surface area contributed by atoms with Crippen LogP contribution in [0.15, 0.2) is 47.6 Å². The van der Waals surface area contributed by atoms with E-state index in [0.717, 1.165) is 10.5 Å². The molecule has 2 bridgehead atoms. The fraction of sp³-hybridized carbons (Fsp3) is 0.776. The molecule has 0 spiro atoms. The molecule has 0 aromatic heterocycles. The van der Waals surface area contributed by atoms with Crippen LogP contribution in [-0.2, 0) is 80.9 Å². The summed E-state index contributed by atoms with van der Waals surface area (Å²) in [7, 11) is 4.67. The number of amides is 3. The number of rotatable bonds is 27. The smallest absolute Gasteiger partial charge is 0.407 e. The SMILES string of the molecule is COCCNC(=O)CCOCCOCCOCCOCCOCCNC(=O)OC1CCC(C[C@@H](C)[C@@H]2CC(=O)[C@H](C)/C=C(\C)C(O)[C@@H](O)C(=O)[C@H](C)C[C@H](C)/C=C/C=C/C=C(\C)[C@@H](OC)C[C@@H]3CC[C@@H](C)[C@@](O)(O3)C(=O)C(=O)N3CCCC[C@H]3C(=O)O2)C[C@H]1OC. The Morgan fingerprint density at radius 3 is 2.01 bits per heavy atom. The Morgan fingerprint density at radius 2 is 1.36 bits per heavy atom. The monoisotopic (exact) mass is 1290 g/mol. The summed E-state index contributed by atoms with van der Waals surface area (Å²) in [6, 6.07) is -1.21. The molecule has 3 unspecified atom stereocenters. The standard InChI is InChI=1S/C67H109N3O21/c1-44-16-12-11-13-17-45(2)56(82-9)42-52-21-19-50(7)67(80,91-52)63(76)64(77)70-26-15-14-18-53(70)65(78)89-57(43-54(71)46(3)39-49(6)61(74)62(75)60(73)48(5)38-44)47(4)40-51-20-22-55(58(41-51)83-10)90-66(79)69-25-29-85-31-33-87-35-37-88-36-34-86-32-30-84-27-23-59(72)68-24-28-81-8/h11-13,16-17,39,44,46-48,50-53,55-58,61-62,74-75,80H,14-15,18-38,40-43H2,1-10H3,(H,68,72)(H,69,79)/b13-11+,16-12+,45-17+,49-39+/t44-,46-,47-,48-,50-,51?,52+,53+,55?,56+,57+,58-,61?,62+,67-/m1/s1. The molecule has 3 heterocycles. The molecule has 24 nitrogen and oxygen atoms in total. The molecule has 4 aliphatic rings. The van der Waals surface area contributed by atoms with E-state index < -0.39 is 108 Å². The molecule has 0 radical (unpaired) electrons. The second-order valence-electron chi connectivity index (χ2n) is 24.8. The lowest BCUT2D eigenvalue weighted by atomic mass is 9.78. The molecule has 15 atom stereocenters. The Morgan fingerprint density at radius 1 is 0.714 bits per heavy atom. The minimum Gasteiger partial charge on any atom is -0.460 e. The van der Waals surface area contributed by atoms with Crippen LogP contribution in [0.3, 0.4) is 0 Å². The first-order valence-electron chi connectivity index (χ1n) is 32.8. The average Bonchev–Trinajstić information content (AvgIpc) is 0.830. The Bertz CT molecular complexity index is 2370. The lowest BCUT2D eigenvalue weighted by Crippen LogP contribution is -2.61. The number of aliphatic hydroxyl groups excluding tert-OH is 2. The molecule has 1 aliphatic carbocycles. The number of carbonyl (C=O) groups is 7. The van der Waals surface area contributed by atoms with E-state index in [1.54, 1.807) is 42.1 Å². The predicted octanol–water partition coefficient (Wildman–Crippen LogP) is 5.50. The number of cyclic esters (lactones) is 1. The Kier molecular flexibility index (Phi) is 36.7. The van der Waals surface area contributed by atoms with Crippen molar-refractivity contribution >= 4 is 41.2 Å². The number of Topliss-reactive ketones (excluding diaryl/α,β-unsaturated/α-hetero) is 3. The van der Waals surface area contributed by atoms with Gasteiger partial charge in [0.2, 0.25) is 11.7 Å². The predicted molar refractivity (Wildman–Crippen MR) is 336 cm³/mol. The van der Waals surface area contributed by atoms with Gasteiger partial charge in [0.05, 0.1) is 91.0 Å². The van der Waals surface area contributed by atoms with E-state index in [-0.39, 0.29) is 74.5 Å². The van der Waals surface area contributed by atoms with Crippen LogP contribution < -0.4 is 10.6 Å². The minimum absolute atomic E-state index is 0.0257. The maximum Gasteiger partial charge on any atom is 0.407 e. The number of methoxy groups -OCH3 is 3. The Balaban J connectivity index is 1.36. The molecule has 3 amide bonds. The number of allylic oxidation sites excluding steroid dienone is 6. The van der Waals surface area contributed by atoms with Crippen molar-refractivity contribution in [3.8, 4) is 0 Å². The van der Waals surface area contributed by atoms with Crippen LogP contribution in [0.25, 0.3) is 0 Å². The number of nitrogens with zero attached hydrogens (tertiary/aromatic N) is 1. The molecule has 0 aromatic carbocycles. The van der Waals surface area contributed by atoms with Gasteiger partial charge in [-0.2, -0.15) is 0 Å². The molecule has 4 rings (SSSR count). The van der Waals surface area contributed by atoms with Gasteiger partial charge in [-0.05, 0) is 107 Å². The number of nitrogens with one attached hydrogen (secondary N) is 2.